The van der Waals surface area contributed by atoms with Gasteiger partial charge >= 0.3 is 0 Å². The van der Waals surface area contributed by atoms with Crippen molar-refractivity contribution in [2.24, 2.45) is 5.10 Å². The largest absolute Gasteiger partial charge is 0.372 e. The molecule has 0 bridgehead atoms. The first-order valence-electron chi connectivity index (χ1n) is 10.6. The summed E-state index contributed by atoms with van der Waals surface area (Å²) < 4.78 is 2.02. The van der Waals surface area contributed by atoms with Crippen LogP contribution in [0.25, 0.3) is 5.69 Å². The highest BCUT2D eigenvalue weighted by atomic mass is 35.5. The Labute approximate surface area is 208 Å². The summed E-state index contributed by atoms with van der Waals surface area (Å²) in [5, 5.41) is 16.6. The average molecular weight is 492 g/mol. The molecule has 1 heterocycles. The molecular formula is C27H23Cl2N3O2. The number of halogens is 2. The number of aliphatic hydroxyl groups is 1. The number of carbonyl (C=O) groups is 1. The molecule has 5 nitrogen and oxygen atoms in total. The van der Waals surface area contributed by atoms with Gasteiger partial charge in [-0.1, -0.05) is 83.9 Å². The lowest BCUT2D eigenvalue weighted by molar-refractivity contribution is -0.136. The van der Waals surface area contributed by atoms with Gasteiger partial charge in [0.15, 0.2) is 5.60 Å². The number of carbonyl (C=O) groups excluding carboxylic acids is 1. The van der Waals surface area contributed by atoms with Crippen LogP contribution in [0.3, 0.4) is 0 Å². The van der Waals surface area contributed by atoms with Crippen LogP contribution in [0.2, 0.25) is 10.0 Å². The first-order chi connectivity index (χ1) is 16.3. The highest BCUT2D eigenvalue weighted by molar-refractivity contribution is 6.42. The van der Waals surface area contributed by atoms with E-state index in [0.29, 0.717) is 21.2 Å². The van der Waals surface area contributed by atoms with Crippen molar-refractivity contribution in [3.05, 3.63) is 123 Å². The summed E-state index contributed by atoms with van der Waals surface area (Å²) in [6.45, 7) is 3.91. The second kappa shape index (κ2) is 9.85. The average Bonchev–Trinajstić information content (AvgIpc) is 3.14. The number of nitrogens with zero attached hydrogens (tertiary/aromatic N) is 2. The zero-order chi connectivity index (χ0) is 24.3. The van der Waals surface area contributed by atoms with Crippen LogP contribution >= 0.6 is 23.2 Å². The summed E-state index contributed by atoms with van der Waals surface area (Å²) in [5.41, 5.74) is 5.08. The maximum Gasteiger partial charge on any atom is 0.281 e. The summed E-state index contributed by atoms with van der Waals surface area (Å²) in [7, 11) is 0. The first kappa shape index (κ1) is 23.8. The van der Waals surface area contributed by atoms with Crippen molar-refractivity contribution in [2.45, 2.75) is 19.4 Å². The van der Waals surface area contributed by atoms with Gasteiger partial charge in [0.25, 0.3) is 5.91 Å². The third-order valence-electron chi connectivity index (χ3n) is 5.71. The van der Waals surface area contributed by atoms with Gasteiger partial charge in [-0.25, -0.2) is 5.43 Å². The molecule has 1 aromatic heterocycles. The van der Waals surface area contributed by atoms with Gasteiger partial charge < -0.3 is 9.67 Å². The third kappa shape index (κ3) is 4.50. The summed E-state index contributed by atoms with van der Waals surface area (Å²) in [5.74, 6) is -0.653. The van der Waals surface area contributed by atoms with E-state index in [-0.39, 0.29) is 0 Å². The Balaban J connectivity index is 1.61. The number of benzene rings is 3. The van der Waals surface area contributed by atoms with Gasteiger partial charge in [-0.2, -0.15) is 5.10 Å². The molecule has 0 saturated heterocycles. The van der Waals surface area contributed by atoms with E-state index in [2.05, 4.69) is 10.5 Å². The molecule has 0 radical (unpaired) electrons. The van der Waals surface area contributed by atoms with Crippen molar-refractivity contribution in [1.29, 1.82) is 0 Å². The Morgan fingerprint density at radius 3 is 2.06 bits per heavy atom. The minimum absolute atomic E-state index is 0.451. The van der Waals surface area contributed by atoms with Crippen LogP contribution in [0.15, 0.2) is 90.0 Å². The number of hydrogen-bond acceptors (Lipinski definition) is 3. The van der Waals surface area contributed by atoms with E-state index >= 15 is 0 Å². The van der Waals surface area contributed by atoms with Crippen LogP contribution in [0.4, 0.5) is 0 Å². The van der Waals surface area contributed by atoms with Crippen LogP contribution < -0.4 is 5.43 Å². The lowest BCUT2D eigenvalue weighted by atomic mass is 9.85. The maximum absolute atomic E-state index is 13.2. The minimum atomic E-state index is -1.89. The van der Waals surface area contributed by atoms with Gasteiger partial charge in [0.1, 0.15) is 0 Å². The monoisotopic (exact) mass is 491 g/mol. The van der Waals surface area contributed by atoms with Crippen molar-refractivity contribution < 1.29 is 9.90 Å². The van der Waals surface area contributed by atoms with E-state index in [1.54, 1.807) is 66.9 Å². The molecule has 0 atom stereocenters. The molecule has 172 valence electrons. The summed E-state index contributed by atoms with van der Waals surface area (Å²) in [4.78, 5) is 13.2. The molecule has 34 heavy (non-hydrogen) atoms. The molecule has 4 aromatic rings. The quantitative estimate of drug-likeness (QED) is 0.265. The Hall–Kier alpha value is -3.38. The van der Waals surface area contributed by atoms with Gasteiger partial charge in [0.2, 0.25) is 0 Å². The number of amides is 1. The van der Waals surface area contributed by atoms with E-state index in [9.17, 15) is 9.90 Å². The second-order valence-corrected chi connectivity index (χ2v) is 8.72. The number of aromatic nitrogens is 1. The minimum Gasteiger partial charge on any atom is -0.372 e. The van der Waals surface area contributed by atoms with Crippen LogP contribution in [-0.2, 0) is 10.4 Å². The van der Waals surface area contributed by atoms with E-state index in [1.165, 1.54) is 0 Å². The van der Waals surface area contributed by atoms with Crippen molar-refractivity contribution in [2.75, 3.05) is 0 Å². The van der Waals surface area contributed by atoms with Gasteiger partial charge in [-0.05, 0) is 49.2 Å². The zero-order valence-electron chi connectivity index (χ0n) is 18.7. The molecule has 0 aliphatic rings. The molecular weight excluding hydrogens is 469 g/mol. The van der Waals surface area contributed by atoms with Crippen molar-refractivity contribution in [1.82, 2.24) is 9.99 Å². The molecule has 1 amide bonds. The number of aryl methyl sites for hydroxylation is 1. The maximum atomic E-state index is 13.2. The predicted molar refractivity (Wildman–Crippen MR) is 137 cm³/mol. The van der Waals surface area contributed by atoms with Crippen LogP contribution in [0.5, 0.6) is 0 Å². The highest BCUT2D eigenvalue weighted by Crippen LogP contribution is 2.30. The fraction of sp³-hybridized carbons (Fsp3) is 0.111. The van der Waals surface area contributed by atoms with E-state index in [0.717, 1.165) is 22.6 Å². The van der Waals surface area contributed by atoms with E-state index in [4.69, 9.17) is 23.2 Å². The molecule has 2 N–H and O–H groups in total. The number of hydrogen-bond donors (Lipinski definition) is 2. The Bertz CT molecular complexity index is 1310. The lowest BCUT2D eigenvalue weighted by Gasteiger charge is -2.27. The SMILES string of the molecule is Cc1cc(/C=N/NC(=O)C(O)(c2ccccc2)c2ccccc2)c(C)n1-c1ccc(Cl)c(Cl)c1. The lowest BCUT2D eigenvalue weighted by Crippen LogP contribution is -2.43. The predicted octanol–water partition coefficient (Wildman–Crippen LogP) is 5.79. The van der Waals surface area contributed by atoms with E-state index in [1.807, 2.05) is 42.7 Å². The molecule has 7 heteroatoms. The van der Waals surface area contributed by atoms with Crippen LogP contribution in [-0.4, -0.2) is 21.8 Å². The van der Waals surface area contributed by atoms with Crippen molar-refractivity contribution in [3.8, 4) is 5.69 Å². The number of hydrazone groups is 1. The van der Waals surface area contributed by atoms with Gasteiger partial charge in [0.05, 0.1) is 16.3 Å². The number of nitrogens with one attached hydrogen (secondary N) is 1. The van der Waals surface area contributed by atoms with Crippen molar-refractivity contribution >= 4 is 35.3 Å². The molecule has 0 aliphatic carbocycles. The normalized spacial score (nSPS) is 11.7. The van der Waals surface area contributed by atoms with Gasteiger partial charge in [0, 0.05) is 22.6 Å². The molecule has 0 fully saturated rings. The standard InChI is InChI=1S/C27H23Cl2N3O2/c1-18-15-20(19(2)32(18)23-13-14-24(28)25(29)16-23)17-30-31-26(33)27(34,21-9-5-3-6-10-21)22-11-7-4-8-12-22/h3-17,34H,1-2H3,(H,31,33)/b30-17+. The molecule has 3 aromatic carbocycles. The fourth-order valence-corrected chi connectivity index (χ4v) is 4.26. The Morgan fingerprint density at radius 1 is 0.912 bits per heavy atom. The topological polar surface area (TPSA) is 66.6 Å². The van der Waals surface area contributed by atoms with Gasteiger partial charge in [-0.15, -0.1) is 0 Å². The third-order valence-corrected chi connectivity index (χ3v) is 6.45. The molecule has 0 saturated carbocycles. The van der Waals surface area contributed by atoms with E-state index < -0.39 is 11.5 Å². The molecule has 0 unspecified atom stereocenters. The summed E-state index contributed by atoms with van der Waals surface area (Å²) >= 11 is 12.2. The second-order valence-electron chi connectivity index (χ2n) is 7.90. The Kier molecular flexibility index (Phi) is 6.89. The Morgan fingerprint density at radius 2 is 1.50 bits per heavy atom. The van der Waals surface area contributed by atoms with Crippen LogP contribution in [0.1, 0.15) is 28.1 Å². The first-order valence-corrected chi connectivity index (χ1v) is 11.4. The van der Waals surface area contributed by atoms with Gasteiger partial charge in [-0.3, -0.25) is 4.79 Å². The fourth-order valence-electron chi connectivity index (χ4n) is 3.97. The zero-order valence-corrected chi connectivity index (χ0v) is 20.2. The molecule has 0 spiro atoms. The number of rotatable bonds is 6. The molecule has 4 rings (SSSR count). The van der Waals surface area contributed by atoms with Crippen molar-refractivity contribution in [3.63, 3.8) is 0 Å². The highest BCUT2D eigenvalue weighted by Gasteiger charge is 2.39. The smallest absolute Gasteiger partial charge is 0.281 e. The summed E-state index contributed by atoms with van der Waals surface area (Å²) in [6, 6.07) is 25.0. The molecule has 0 aliphatic heterocycles. The summed E-state index contributed by atoms with van der Waals surface area (Å²) in [6.07, 6.45) is 1.56. The van der Waals surface area contributed by atoms with Crippen LogP contribution in [0, 0.1) is 13.8 Å².